The molecule has 0 spiro atoms. The molecule has 5 heteroatoms. The molecule has 0 aliphatic rings. The number of hydrogen-bond donors (Lipinski definition) is 0. The van der Waals surface area contributed by atoms with E-state index in [-0.39, 0.29) is 5.75 Å². The maximum atomic E-state index is 11.8. The van der Waals surface area contributed by atoms with E-state index in [0.29, 0.717) is 17.9 Å². The Morgan fingerprint density at radius 2 is 1.45 bits per heavy atom. The van der Waals surface area contributed by atoms with Gasteiger partial charge in [0.15, 0.2) is 0 Å². The fourth-order valence-electron chi connectivity index (χ4n) is 1.88. The van der Waals surface area contributed by atoms with E-state index in [1.54, 1.807) is 31.4 Å². The zero-order valence-corrected chi connectivity index (χ0v) is 13.1. The molecule has 0 unspecified atom stereocenters. The molecule has 0 radical (unpaired) electrons. The highest BCUT2D eigenvalue weighted by atomic mass is 32.2. The zero-order chi connectivity index (χ0) is 14.8. The van der Waals surface area contributed by atoms with Crippen LogP contribution in [0.5, 0.6) is 11.5 Å². The molecule has 0 aliphatic carbocycles. The van der Waals surface area contributed by atoms with Gasteiger partial charge in [0, 0.05) is 0 Å². The molecule has 0 fully saturated rings. The van der Waals surface area contributed by atoms with Crippen molar-refractivity contribution < 1.29 is 17.3 Å². The van der Waals surface area contributed by atoms with Crippen LogP contribution in [0.4, 0.5) is 0 Å². The van der Waals surface area contributed by atoms with Crippen LogP contribution in [0, 0.1) is 0 Å². The molecule has 0 amide bonds. The summed E-state index contributed by atoms with van der Waals surface area (Å²) in [6.45, 7) is 2.16. The predicted molar refractivity (Wildman–Crippen MR) is 80.8 cm³/mol. The molecule has 0 saturated carbocycles. The van der Waals surface area contributed by atoms with Crippen molar-refractivity contribution in [2.45, 2.75) is 45.4 Å². The summed E-state index contributed by atoms with van der Waals surface area (Å²) in [5, 5.41) is 0. The van der Waals surface area contributed by atoms with Crippen molar-refractivity contribution in [3.8, 4) is 11.5 Å². The molecule has 0 aromatic heterocycles. The summed E-state index contributed by atoms with van der Waals surface area (Å²) >= 11 is 0. The molecule has 0 heterocycles. The van der Waals surface area contributed by atoms with Gasteiger partial charge in [0.1, 0.15) is 11.5 Å². The van der Waals surface area contributed by atoms with E-state index in [1.807, 2.05) is 0 Å². The van der Waals surface area contributed by atoms with Gasteiger partial charge in [-0.05, 0) is 30.7 Å². The first-order chi connectivity index (χ1) is 9.57. The monoisotopic (exact) mass is 300 g/mol. The summed E-state index contributed by atoms with van der Waals surface area (Å²) in [4.78, 5) is 0. The zero-order valence-electron chi connectivity index (χ0n) is 12.3. The normalized spacial score (nSPS) is 11.3. The van der Waals surface area contributed by atoms with Gasteiger partial charge >= 0.3 is 10.1 Å². The van der Waals surface area contributed by atoms with Crippen LogP contribution < -0.4 is 8.92 Å². The SMILES string of the molecule is CCCCCCCCS(=O)(=O)Oc1ccc(OC)cc1. The molecular formula is C15H24O4S. The van der Waals surface area contributed by atoms with Crippen LogP contribution in [0.1, 0.15) is 45.4 Å². The Labute approximate surface area is 122 Å². The van der Waals surface area contributed by atoms with E-state index in [0.717, 1.165) is 12.8 Å². The second-order valence-corrected chi connectivity index (χ2v) is 6.48. The second-order valence-electron chi connectivity index (χ2n) is 4.79. The maximum Gasteiger partial charge on any atom is 0.309 e. The van der Waals surface area contributed by atoms with E-state index in [4.69, 9.17) is 8.92 Å². The minimum Gasteiger partial charge on any atom is -0.497 e. The Morgan fingerprint density at radius 3 is 2.05 bits per heavy atom. The maximum absolute atomic E-state index is 11.8. The van der Waals surface area contributed by atoms with Crippen LogP contribution in [-0.2, 0) is 10.1 Å². The molecule has 20 heavy (non-hydrogen) atoms. The largest absolute Gasteiger partial charge is 0.497 e. The third-order valence-electron chi connectivity index (χ3n) is 3.03. The molecule has 1 rings (SSSR count). The van der Waals surface area contributed by atoms with Gasteiger partial charge in [-0.15, -0.1) is 0 Å². The summed E-state index contributed by atoms with van der Waals surface area (Å²) in [7, 11) is -1.93. The van der Waals surface area contributed by atoms with Crippen LogP contribution in [0.2, 0.25) is 0 Å². The van der Waals surface area contributed by atoms with E-state index in [1.165, 1.54) is 19.3 Å². The quantitative estimate of drug-likeness (QED) is 0.487. The van der Waals surface area contributed by atoms with Crippen molar-refractivity contribution >= 4 is 10.1 Å². The summed E-state index contributed by atoms with van der Waals surface area (Å²) in [5.74, 6) is 1.08. The first-order valence-electron chi connectivity index (χ1n) is 7.13. The minimum absolute atomic E-state index is 0.0746. The molecule has 0 bridgehead atoms. The number of hydrogen-bond acceptors (Lipinski definition) is 4. The highest BCUT2D eigenvalue weighted by molar-refractivity contribution is 7.87. The van der Waals surface area contributed by atoms with Crippen LogP contribution in [-0.4, -0.2) is 21.3 Å². The summed E-state index contributed by atoms with van der Waals surface area (Å²) < 4.78 is 33.6. The average Bonchev–Trinajstić information content (AvgIpc) is 2.43. The van der Waals surface area contributed by atoms with Gasteiger partial charge in [-0.3, -0.25) is 0 Å². The lowest BCUT2D eigenvalue weighted by Gasteiger charge is -2.07. The van der Waals surface area contributed by atoms with Gasteiger partial charge in [0.05, 0.1) is 12.9 Å². The molecule has 0 saturated heterocycles. The van der Waals surface area contributed by atoms with E-state index < -0.39 is 10.1 Å². The number of rotatable bonds is 10. The summed E-state index contributed by atoms with van der Waals surface area (Å²) in [6, 6.07) is 6.54. The van der Waals surface area contributed by atoms with Gasteiger partial charge in [0.25, 0.3) is 0 Å². The van der Waals surface area contributed by atoms with Crippen LogP contribution in [0.25, 0.3) is 0 Å². The Balaban J connectivity index is 2.33. The lowest BCUT2D eigenvalue weighted by atomic mass is 10.1. The summed E-state index contributed by atoms with van der Waals surface area (Å²) in [6.07, 6.45) is 6.27. The number of benzene rings is 1. The average molecular weight is 300 g/mol. The smallest absolute Gasteiger partial charge is 0.309 e. The van der Waals surface area contributed by atoms with Crippen LogP contribution in [0.3, 0.4) is 0 Å². The van der Waals surface area contributed by atoms with E-state index in [9.17, 15) is 8.42 Å². The Kier molecular flexibility index (Phi) is 7.44. The van der Waals surface area contributed by atoms with Gasteiger partial charge in [-0.25, -0.2) is 0 Å². The van der Waals surface area contributed by atoms with Crippen molar-refractivity contribution in [3.63, 3.8) is 0 Å². The van der Waals surface area contributed by atoms with E-state index >= 15 is 0 Å². The molecular weight excluding hydrogens is 276 g/mol. The van der Waals surface area contributed by atoms with E-state index in [2.05, 4.69) is 6.92 Å². The predicted octanol–water partition coefficient (Wildman–Crippen LogP) is 3.76. The third-order valence-corrected chi connectivity index (χ3v) is 4.27. The number of ether oxygens (including phenoxy) is 1. The summed E-state index contributed by atoms with van der Waals surface area (Å²) in [5.41, 5.74) is 0. The second kappa shape index (κ2) is 8.84. The molecule has 1 aromatic carbocycles. The lowest BCUT2D eigenvalue weighted by molar-refractivity contribution is 0.413. The fraction of sp³-hybridized carbons (Fsp3) is 0.600. The van der Waals surface area contributed by atoms with Crippen molar-refractivity contribution in [1.29, 1.82) is 0 Å². The van der Waals surface area contributed by atoms with Crippen LogP contribution in [0.15, 0.2) is 24.3 Å². The van der Waals surface area contributed by atoms with Crippen LogP contribution >= 0.6 is 0 Å². The number of methoxy groups -OCH3 is 1. The van der Waals surface area contributed by atoms with Gasteiger partial charge < -0.3 is 8.92 Å². The Hall–Kier alpha value is -1.23. The Bertz CT molecular complexity index is 465. The van der Waals surface area contributed by atoms with Crippen molar-refractivity contribution in [2.75, 3.05) is 12.9 Å². The Morgan fingerprint density at radius 1 is 0.900 bits per heavy atom. The standard InChI is InChI=1S/C15H24O4S/c1-3-4-5-6-7-8-13-20(16,17)19-15-11-9-14(18-2)10-12-15/h9-12H,3-8,13H2,1-2H3. The highest BCUT2D eigenvalue weighted by Gasteiger charge is 2.12. The molecule has 114 valence electrons. The van der Waals surface area contributed by atoms with Crippen molar-refractivity contribution in [3.05, 3.63) is 24.3 Å². The van der Waals surface area contributed by atoms with Crippen molar-refractivity contribution in [2.24, 2.45) is 0 Å². The minimum atomic E-state index is -3.49. The van der Waals surface area contributed by atoms with Crippen molar-refractivity contribution in [1.82, 2.24) is 0 Å². The molecule has 1 aromatic rings. The molecule has 4 nitrogen and oxygen atoms in total. The van der Waals surface area contributed by atoms with Gasteiger partial charge in [-0.1, -0.05) is 39.0 Å². The fourth-order valence-corrected chi connectivity index (χ4v) is 2.92. The topological polar surface area (TPSA) is 52.6 Å². The first-order valence-corrected chi connectivity index (χ1v) is 8.71. The van der Waals surface area contributed by atoms with Gasteiger partial charge in [0.2, 0.25) is 0 Å². The third kappa shape index (κ3) is 6.80. The highest BCUT2D eigenvalue weighted by Crippen LogP contribution is 2.19. The molecule has 0 N–H and O–H groups in total. The molecule has 0 atom stereocenters. The lowest BCUT2D eigenvalue weighted by Crippen LogP contribution is -2.13. The van der Waals surface area contributed by atoms with Gasteiger partial charge in [-0.2, -0.15) is 8.42 Å². The molecule has 0 aliphatic heterocycles. The number of unbranched alkanes of at least 4 members (excludes halogenated alkanes) is 5. The first kappa shape index (κ1) is 16.8.